The van der Waals surface area contributed by atoms with Crippen LogP contribution in [0.25, 0.3) is 21.3 Å². The van der Waals surface area contributed by atoms with E-state index in [2.05, 4.69) is 21.4 Å². The Hall–Kier alpha value is -3.28. The van der Waals surface area contributed by atoms with Gasteiger partial charge in [0.1, 0.15) is 11.6 Å². The van der Waals surface area contributed by atoms with Crippen molar-refractivity contribution >= 4 is 45.0 Å². The molecule has 1 N–H and O–H groups in total. The maximum Gasteiger partial charge on any atom is 0.241 e. The summed E-state index contributed by atoms with van der Waals surface area (Å²) in [6, 6.07) is 16.1. The van der Waals surface area contributed by atoms with Gasteiger partial charge in [0, 0.05) is 10.5 Å². The van der Waals surface area contributed by atoms with E-state index in [1.807, 2.05) is 38.1 Å². The van der Waals surface area contributed by atoms with Crippen molar-refractivity contribution in [1.82, 2.24) is 9.97 Å². The van der Waals surface area contributed by atoms with Gasteiger partial charge in [-0.05, 0) is 55.8 Å². The summed E-state index contributed by atoms with van der Waals surface area (Å²) in [4.78, 5) is 22.2. The Bertz CT molecular complexity index is 1290. The summed E-state index contributed by atoms with van der Waals surface area (Å²) in [7, 11) is 0. The van der Waals surface area contributed by atoms with Crippen molar-refractivity contribution in [3.8, 4) is 17.2 Å². The molecule has 0 fully saturated rings. The molecule has 0 aliphatic heterocycles. The average molecular weight is 449 g/mol. The second-order valence-corrected chi connectivity index (χ2v) is 9.78. The van der Waals surface area contributed by atoms with E-state index in [1.54, 1.807) is 17.6 Å². The molecular formula is C23H17FN4OS2. The molecule has 8 heteroatoms. The molecule has 0 bridgehead atoms. The summed E-state index contributed by atoms with van der Waals surface area (Å²) >= 11 is 2.96. The number of nitriles is 1. The van der Waals surface area contributed by atoms with E-state index < -0.39 is 10.6 Å². The summed E-state index contributed by atoms with van der Waals surface area (Å²) in [5.74, 6) is -0.409. The minimum atomic E-state index is -0.838. The second kappa shape index (κ2) is 8.46. The number of nitrogens with zero attached hydrogens (tertiary/aromatic N) is 3. The molecule has 0 aliphatic carbocycles. The zero-order valence-electron chi connectivity index (χ0n) is 16.7. The van der Waals surface area contributed by atoms with Gasteiger partial charge in [-0.25, -0.2) is 14.4 Å². The van der Waals surface area contributed by atoms with E-state index in [0.29, 0.717) is 11.4 Å². The first kappa shape index (κ1) is 21.0. The zero-order valence-corrected chi connectivity index (χ0v) is 18.4. The topological polar surface area (TPSA) is 78.7 Å². The van der Waals surface area contributed by atoms with Gasteiger partial charge in [0.25, 0.3) is 0 Å². The molecular weight excluding hydrogens is 431 g/mol. The number of pyridine rings is 1. The molecule has 0 unspecified atom stereocenters. The molecule has 0 radical (unpaired) electrons. The lowest BCUT2D eigenvalue weighted by Crippen LogP contribution is -2.34. The Kier molecular flexibility index (Phi) is 5.72. The standard InChI is InChI=1S/C23H17FN4OS2/c1-23(2,22(29)28-19-10-7-16(24)12-26-19)31-18-9-8-17-21(30-13-27-17)20(18)15-5-3-14(11-25)4-6-15/h3-10,12-13H,1-2H3,(H,26,28,29). The summed E-state index contributed by atoms with van der Waals surface area (Å²) < 4.78 is 13.3. The number of rotatable bonds is 5. The van der Waals surface area contributed by atoms with E-state index in [0.717, 1.165) is 32.4 Å². The predicted octanol–water partition coefficient (Wildman–Crippen LogP) is 5.88. The number of thiazole rings is 1. The maximum absolute atomic E-state index is 13.1. The quantitative estimate of drug-likeness (QED) is 0.386. The smallest absolute Gasteiger partial charge is 0.241 e. The minimum Gasteiger partial charge on any atom is -0.309 e. The van der Waals surface area contributed by atoms with Crippen molar-refractivity contribution in [3.05, 3.63) is 71.6 Å². The lowest BCUT2D eigenvalue weighted by atomic mass is 10.0. The van der Waals surface area contributed by atoms with Crippen molar-refractivity contribution in [2.45, 2.75) is 23.5 Å². The molecule has 5 nitrogen and oxygen atoms in total. The molecule has 0 spiro atoms. The molecule has 1 amide bonds. The third-order valence-electron chi connectivity index (χ3n) is 4.64. The van der Waals surface area contributed by atoms with E-state index in [4.69, 9.17) is 5.26 Å². The Labute approximate surface area is 187 Å². The summed E-state index contributed by atoms with van der Waals surface area (Å²) in [5, 5.41) is 11.9. The Balaban J connectivity index is 1.69. The van der Waals surface area contributed by atoms with Crippen molar-refractivity contribution < 1.29 is 9.18 Å². The number of thioether (sulfide) groups is 1. The zero-order chi connectivity index (χ0) is 22.0. The molecule has 2 heterocycles. The van der Waals surface area contributed by atoms with Crippen molar-refractivity contribution in [2.24, 2.45) is 0 Å². The van der Waals surface area contributed by atoms with Crippen LogP contribution in [0.15, 0.2) is 65.1 Å². The van der Waals surface area contributed by atoms with Crippen LogP contribution in [0.2, 0.25) is 0 Å². The van der Waals surface area contributed by atoms with E-state index in [1.165, 1.54) is 35.2 Å². The first-order valence-corrected chi connectivity index (χ1v) is 11.1. The number of anilines is 1. The monoisotopic (exact) mass is 448 g/mol. The van der Waals surface area contributed by atoms with Crippen molar-refractivity contribution in [3.63, 3.8) is 0 Å². The number of fused-ring (bicyclic) bond motifs is 1. The van der Waals surface area contributed by atoms with Crippen LogP contribution in [-0.2, 0) is 4.79 Å². The molecule has 0 saturated carbocycles. The van der Waals surface area contributed by atoms with Crippen LogP contribution < -0.4 is 5.32 Å². The van der Waals surface area contributed by atoms with Gasteiger partial charge in [-0.1, -0.05) is 12.1 Å². The van der Waals surface area contributed by atoms with Gasteiger partial charge in [0.05, 0.1) is 38.3 Å². The van der Waals surface area contributed by atoms with Gasteiger partial charge >= 0.3 is 0 Å². The van der Waals surface area contributed by atoms with Gasteiger partial charge in [0.2, 0.25) is 5.91 Å². The third kappa shape index (κ3) is 4.43. The molecule has 31 heavy (non-hydrogen) atoms. The first-order valence-electron chi connectivity index (χ1n) is 9.36. The number of carbonyl (C=O) groups is 1. The number of benzene rings is 2. The number of amides is 1. The van der Waals surface area contributed by atoms with Crippen LogP contribution in [0.4, 0.5) is 10.2 Å². The number of hydrogen-bond acceptors (Lipinski definition) is 6. The fourth-order valence-corrected chi connectivity index (χ4v) is 5.09. The molecule has 2 aromatic heterocycles. The molecule has 4 rings (SSSR count). The van der Waals surface area contributed by atoms with Crippen LogP contribution in [-0.4, -0.2) is 20.6 Å². The largest absolute Gasteiger partial charge is 0.309 e. The third-order valence-corrected chi connectivity index (χ3v) is 6.76. The van der Waals surface area contributed by atoms with Gasteiger partial charge < -0.3 is 5.32 Å². The normalized spacial score (nSPS) is 11.3. The highest BCUT2D eigenvalue weighted by atomic mass is 32.2. The van der Waals surface area contributed by atoms with Crippen LogP contribution in [0.3, 0.4) is 0 Å². The number of aromatic nitrogens is 2. The van der Waals surface area contributed by atoms with Crippen LogP contribution in [0, 0.1) is 17.1 Å². The molecule has 154 valence electrons. The Morgan fingerprint density at radius 1 is 1.13 bits per heavy atom. The molecule has 0 saturated heterocycles. The van der Waals surface area contributed by atoms with Gasteiger partial charge in [-0.15, -0.1) is 23.1 Å². The Morgan fingerprint density at radius 3 is 2.58 bits per heavy atom. The summed E-state index contributed by atoms with van der Waals surface area (Å²) in [6.07, 6.45) is 1.07. The van der Waals surface area contributed by atoms with E-state index in [-0.39, 0.29) is 5.91 Å². The lowest BCUT2D eigenvalue weighted by molar-refractivity contribution is -0.117. The van der Waals surface area contributed by atoms with Crippen LogP contribution in [0.5, 0.6) is 0 Å². The number of carbonyl (C=O) groups excluding carboxylic acids is 1. The summed E-state index contributed by atoms with van der Waals surface area (Å²) in [6.45, 7) is 3.66. The van der Waals surface area contributed by atoms with E-state index in [9.17, 15) is 9.18 Å². The molecule has 4 aromatic rings. The molecule has 2 aromatic carbocycles. The predicted molar refractivity (Wildman–Crippen MR) is 123 cm³/mol. The van der Waals surface area contributed by atoms with Crippen LogP contribution in [0.1, 0.15) is 19.4 Å². The van der Waals surface area contributed by atoms with Gasteiger partial charge in [-0.3, -0.25) is 4.79 Å². The maximum atomic E-state index is 13.1. The number of halogens is 1. The van der Waals surface area contributed by atoms with Gasteiger partial charge in [-0.2, -0.15) is 5.26 Å². The Morgan fingerprint density at radius 2 is 1.90 bits per heavy atom. The molecule has 0 aliphatic rings. The summed E-state index contributed by atoms with van der Waals surface area (Å²) in [5.41, 5.74) is 5.19. The second-order valence-electron chi connectivity index (χ2n) is 7.26. The SMILES string of the molecule is CC(C)(Sc1ccc2ncsc2c1-c1ccc(C#N)cc1)C(=O)Nc1ccc(F)cn1. The lowest BCUT2D eigenvalue weighted by Gasteiger charge is -2.24. The van der Waals surface area contributed by atoms with Crippen molar-refractivity contribution in [1.29, 1.82) is 5.26 Å². The highest BCUT2D eigenvalue weighted by Crippen LogP contribution is 2.43. The minimum absolute atomic E-state index is 0.244. The van der Waals surface area contributed by atoms with E-state index >= 15 is 0 Å². The highest BCUT2D eigenvalue weighted by molar-refractivity contribution is 8.01. The van der Waals surface area contributed by atoms with Crippen molar-refractivity contribution in [2.75, 3.05) is 5.32 Å². The fraction of sp³-hybridized carbons (Fsp3) is 0.130. The number of hydrogen-bond donors (Lipinski definition) is 1. The average Bonchev–Trinajstić information content (AvgIpc) is 3.24. The molecule has 0 atom stereocenters. The fourth-order valence-electron chi connectivity index (χ4n) is 3.02. The highest BCUT2D eigenvalue weighted by Gasteiger charge is 2.31. The first-order chi connectivity index (χ1) is 14.9. The van der Waals surface area contributed by atoms with Gasteiger partial charge in [0.15, 0.2) is 0 Å². The number of nitrogens with one attached hydrogen (secondary N) is 1. The van der Waals surface area contributed by atoms with Crippen LogP contribution >= 0.6 is 23.1 Å².